The number of carbonyl (C=O) groups excluding carboxylic acids is 2. The van der Waals surface area contributed by atoms with Crippen molar-refractivity contribution in [2.75, 3.05) is 18.0 Å². The lowest BCUT2D eigenvalue weighted by molar-refractivity contribution is -0.126. The van der Waals surface area contributed by atoms with Gasteiger partial charge in [-0.2, -0.15) is 0 Å². The van der Waals surface area contributed by atoms with Gasteiger partial charge >= 0.3 is 0 Å². The molecule has 28 heavy (non-hydrogen) atoms. The van der Waals surface area contributed by atoms with Crippen molar-refractivity contribution in [1.82, 2.24) is 15.6 Å². The third kappa shape index (κ3) is 4.84. The number of nitrogens with zero attached hydrogens (tertiary/aromatic N) is 2. The van der Waals surface area contributed by atoms with E-state index in [2.05, 4.69) is 29.4 Å². The molecule has 0 saturated heterocycles. The minimum Gasteiger partial charge on any atom is -0.354 e. The fourth-order valence-electron chi connectivity index (χ4n) is 3.68. The van der Waals surface area contributed by atoms with Crippen LogP contribution >= 0.6 is 22.7 Å². The Kier molecular flexibility index (Phi) is 6.93. The minimum atomic E-state index is -0.0468. The second kappa shape index (κ2) is 9.22. The molecule has 2 amide bonds. The highest BCUT2D eigenvalue weighted by Crippen LogP contribution is 2.35. The first-order chi connectivity index (χ1) is 13.4. The summed E-state index contributed by atoms with van der Waals surface area (Å²) in [7, 11) is 0. The quantitative estimate of drug-likeness (QED) is 0.707. The molecule has 0 bridgehead atoms. The average Bonchev–Trinajstić information content (AvgIpc) is 3.22. The van der Waals surface area contributed by atoms with Crippen molar-refractivity contribution in [2.24, 2.45) is 5.92 Å². The monoisotopic (exact) mass is 422 g/mol. The van der Waals surface area contributed by atoms with Crippen LogP contribution in [0.5, 0.6) is 0 Å². The van der Waals surface area contributed by atoms with Crippen LogP contribution in [0.4, 0.5) is 5.13 Å². The fourth-order valence-corrected chi connectivity index (χ4v) is 5.92. The second-order valence-corrected chi connectivity index (χ2v) is 9.69. The number of amides is 2. The number of rotatable bonds is 7. The van der Waals surface area contributed by atoms with Crippen LogP contribution in [0.1, 0.15) is 63.0 Å². The summed E-state index contributed by atoms with van der Waals surface area (Å²) in [6.07, 6.45) is 3.52. The van der Waals surface area contributed by atoms with Crippen molar-refractivity contribution < 1.29 is 9.59 Å². The molecule has 3 rings (SSSR count). The summed E-state index contributed by atoms with van der Waals surface area (Å²) in [5.41, 5.74) is 0. The van der Waals surface area contributed by atoms with E-state index >= 15 is 0 Å². The third-order valence-electron chi connectivity index (χ3n) is 5.15. The Hall–Kier alpha value is -1.67. The molecule has 8 heteroatoms. The Labute approximate surface area is 174 Å². The van der Waals surface area contributed by atoms with Crippen LogP contribution in [0.25, 0.3) is 9.53 Å². The Morgan fingerprint density at radius 2 is 2.00 bits per heavy atom. The van der Waals surface area contributed by atoms with Gasteiger partial charge in [-0.15, -0.1) is 11.3 Å². The number of anilines is 1. The smallest absolute Gasteiger partial charge is 0.261 e. The Morgan fingerprint density at radius 3 is 2.64 bits per heavy atom. The average molecular weight is 423 g/mol. The maximum atomic E-state index is 12.7. The summed E-state index contributed by atoms with van der Waals surface area (Å²) in [5, 5.41) is 7.16. The van der Waals surface area contributed by atoms with E-state index in [-0.39, 0.29) is 29.8 Å². The molecule has 2 N–H and O–H groups in total. The number of hydrogen-bond donors (Lipinski definition) is 2. The van der Waals surface area contributed by atoms with Crippen LogP contribution in [0.2, 0.25) is 0 Å². The summed E-state index contributed by atoms with van der Waals surface area (Å²) in [6.45, 7) is 10.0. The van der Waals surface area contributed by atoms with Crippen molar-refractivity contribution in [1.29, 1.82) is 0 Å². The lowest BCUT2D eigenvalue weighted by Gasteiger charge is -2.29. The van der Waals surface area contributed by atoms with E-state index in [1.807, 2.05) is 19.9 Å². The Morgan fingerprint density at radius 1 is 1.25 bits per heavy atom. The summed E-state index contributed by atoms with van der Waals surface area (Å²) < 4.78 is 1.06. The number of thiophene rings is 1. The van der Waals surface area contributed by atoms with E-state index in [1.54, 1.807) is 11.3 Å². The van der Waals surface area contributed by atoms with Crippen molar-refractivity contribution in [2.45, 2.75) is 65.5 Å². The zero-order chi connectivity index (χ0) is 20.3. The molecule has 0 aromatic carbocycles. The van der Waals surface area contributed by atoms with Crippen LogP contribution in [-0.2, 0) is 4.79 Å². The molecule has 2 atom stereocenters. The molecule has 154 valence electrons. The van der Waals surface area contributed by atoms with Gasteiger partial charge in [0.15, 0.2) is 5.13 Å². The minimum absolute atomic E-state index is 0.00780. The molecule has 0 spiro atoms. The first-order valence-corrected chi connectivity index (χ1v) is 11.8. The standard InChI is InChI=1S/C20H30N4O2S2/c1-5-24(6-2)20-23-19-16(28-20)11-15(27-19)18(26)22-14-9-7-8-13(10-14)17(25)21-12(3)4/h11-14H,5-10H2,1-4H3,(H,21,25)(H,22,26). The maximum Gasteiger partial charge on any atom is 0.261 e. The summed E-state index contributed by atoms with van der Waals surface area (Å²) >= 11 is 3.09. The SMILES string of the molecule is CCN(CC)c1nc2sc(C(=O)NC3CCCC(C(=O)NC(C)C)C3)cc2s1. The number of aromatic nitrogens is 1. The number of fused-ring (bicyclic) bond motifs is 1. The van der Waals surface area contributed by atoms with Crippen LogP contribution in [0.3, 0.4) is 0 Å². The molecule has 0 aliphatic heterocycles. The van der Waals surface area contributed by atoms with Crippen molar-refractivity contribution in [3.63, 3.8) is 0 Å². The topological polar surface area (TPSA) is 74.3 Å². The molecule has 2 heterocycles. The van der Waals surface area contributed by atoms with Gasteiger partial charge in [0.25, 0.3) is 5.91 Å². The molecule has 2 aromatic heterocycles. The zero-order valence-electron chi connectivity index (χ0n) is 17.1. The highest BCUT2D eigenvalue weighted by molar-refractivity contribution is 7.29. The van der Waals surface area contributed by atoms with Crippen molar-refractivity contribution in [3.05, 3.63) is 10.9 Å². The molecular weight excluding hydrogens is 392 g/mol. The molecular formula is C20H30N4O2S2. The zero-order valence-corrected chi connectivity index (χ0v) is 18.7. The fraction of sp³-hybridized carbons (Fsp3) is 0.650. The molecule has 1 aliphatic rings. The third-order valence-corrected chi connectivity index (χ3v) is 7.37. The highest BCUT2D eigenvalue weighted by atomic mass is 32.1. The van der Waals surface area contributed by atoms with Crippen LogP contribution in [-0.4, -0.2) is 42.0 Å². The van der Waals surface area contributed by atoms with E-state index in [1.165, 1.54) is 11.3 Å². The van der Waals surface area contributed by atoms with Gasteiger partial charge < -0.3 is 15.5 Å². The van der Waals surface area contributed by atoms with Gasteiger partial charge in [-0.25, -0.2) is 4.98 Å². The van der Waals surface area contributed by atoms with E-state index < -0.39 is 0 Å². The van der Waals surface area contributed by atoms with Crippen LogP contribution < -0.4 is 15.5 Å². The number of nitrogens with one attached hydrogen (secondary N) is 2. The number of thiazole rings is 1. The Balaban J connectivity index is 1.62. The van der Waals surface area contributed by atoms with Crippen LogP contribution in [0, 0.1) is 5.92 Å². The summed E-state index contributed by atoms with van der Waals surface area (Å²) in [4.78, 5) is 33.6. The largest absolute Gasteiger partial charge is 0.354 e. The van der Waals surface area contributed by atoms with Gasteiger partial charge in [-0.3, -0.25) is 9.59 Å². The van der Waals surface area contributed by atoms with Gasteiger partial charge in [-0.1, -0.05) is 17.8 Å². The van der Waals surface area contributed by atoms with Gasteiger partial charge in [0.2, 0.25) is 5.91 Å². The van der Waals surface area contributed by atoms with E-state index in [9.17, 15) is 9.59 Å². The van der Waals surface area contributed by atoms with E-state index in [0.717, 1.165) is 47.0 Å². The molecule has 2 unspecified atom stereocenters. The lowest BCUT2D eigenvalue weighted by atomic mass is 9.85. The molecule has 1 aliphatic carbocycles. The predicted molar refractivity (Wildman–Crippen MR) is 118 cm³/mol. The molecule has 1 saturated carbocycles. The van der Waals surface area contributed by atoms with Gasteiger partial charge in [0.1, 0.15) is 4.83 Å². The molecule has 0 radical (unpaired) electrons. The highest BCUT2D eigenvalue weighted by Gasteiger charge is 2.29. The second-order valence-electron chi connectivity index (χ2n) is 7.65. The maximum absolute atomic E-state index is 12.7. The van der Waals surface area contributed by atoms with Gasteiger partial charge in [0.05, 0.1) is 9.58 Å². The summed E-state index contributed by atoms with van der Waals surface area (Å²) in [6, 6.07) is 2.16. The lowest BCUT2D eigenvalue weighted by Crippen LogP contribution is -2.43. The van der Waals surface area contributed by atoms with E-state index in [4.69, 9.17) is 4.98 Å². The molecule has 6 nitrogen and oxygen atoms in total. The normalized spacial score (nSPS) is 19.8. The predicted octanol–water partition coefficient (Wildman–Crippen LogP) is 4.02. The first-order valence-electron chi connectivity index (χ1n) is 10.2. The number of carbonyl (C=O) groups is 2. The van der Waals surface area contributed by atoms with Crippen molar-refractivity contribution >= 4 is 49.1 Å². The molecule has 1 fully saturated rings. The number of hydrogen-bond acceptors (Lipinski definition) is 6. The van der Waals surface area contributed by atoms with Gasteiger partial charge in [0, 0.05) is 31.1 Å². The van der Waals surface area contributed by atoms with E-state index in [0.29, 0.717) is 11.3 Å². The first kappa shape index (κ1) is 21.0. The van der Waals surface area contributed by atoms with Gasteiger partial charge in [-0.05, 0) is 53.0 Å². The summed E-state index contributed by atoms with van der Waals surface area (Å²) in [5.74, 6) is 0.0554. The molecule has 2 aromatic rings. The van der Waals surface area contributed by atoms with Crippen LogP contribution in [0.15, 0.2) is 6.07 Å². The Bertz CT molecular complexity index is 794. The van der Waals surface area contributed by atoms with Crippen molar-refractivity contribution in [3.8, 4) is 0 Å².